The third-order valence-electron chi connectivity index (χ3n) is 15.6. The average molecular weight is 571 g/mol. The molecule has 5 unspecified atom stereocenters. The fourth-order valence-corrected chi connectivity index (χ4v) is 13.5. The zero-order valence-electron chi connectivity index (χ0n) is 26.1. The summed E-state index contributed by atoms with van der Waals surface area (Å²) in [5, 5.41) is 15.1. The fourth-order valence-electron chi connectivity index (χ4n) is 13.5. The number of rotatable bonds is 3. The molecule has 8 rings (SSSR count). The highest BCUT2D eigenvalue weighted by atomic mass is 16.7. The molecule has 0 bridgehead atoms. The van der Waals surface area contributed by atoms with E-state index in [0.717, 1.165) is 39.0 Å². The fraction of sp³-hybridized carbons (Fsp3) is 0.971. The van der Waals surface area contributed by atoms with Crippen LogP contribution in [0.15, 0.2) is 0 Å². The number of ether oxygens (including phenoxy) is 3. The Balaban J connectivity index is 1.02. The average Bonchev–Trinajstić information content (AvgIpc) is 3.34. The van der Waals surface area contributed by atoms with Crippen molar-refractivity contribution in [2.75, 3.05) is 32.8 Å². The van der Waals surface area contributed by atoms with E-state index in [1.807, 2.05) is 0 Å². The van der Waals surface area contributed by atoms with Crippen LogP contribution in [0.2, 0.25) is 0 Å². The van der Waals surface area contributed by atoms with E-state index >= 15 is 0 Å². The number of aliphatic hydroxyl groups excluding tert-OH is 1. The second-order valence-electron chi connectivity index (χ2n) is 16.8. The molecule has 5 saturated carbocycles. The predicted molar refractivity (Wildman–Crippen MR) is 155 cm³/mol. The standard InChI is InChI=1S/C34H54N2O5/c1-20-10-16-40-27-26(20)31(4)12-13-34-19-33(34)11-8-24(30(2,3)22(33)6-7-23(34)32(31,5)28(27)37)41-25-18-36(15-17-39-25)21-9-14-35-29(21)38/h20-28,37H,6-19H2,1-5H3,(H,35,38)/t20-,21-,22+,23+,24+,25?,26?,27?,28+,31-,32?,33-,34?/m1/s1. The van der Waals surface area contributed by atoms with Crippen LogP contribution in [-0.4, -0.2) is 79.4 Å². The number of aliphatic hydroxyl groups is 1. The number of amides is 1. The summed E-state index contributed by atoms with van der Waals surface area (Å²) in [6, 6.07) is -0.0317. The molecule has 1 amide bonds. The maximum atomic E-state index is 12.3. The third-order valence-corrected chi connectivity index (χ3v) is 15.6. The molecule has 230 valence electrons. The molecule has 3 saturated heterocycles. The summed E-state index contributed by atoms with van der Waals surface area (Å²) >= 11 is 0. The molecule has 2 spiro atoms. The number of nitrogens with one attached hydrogen (secondary N) is 1. The Kier molecular flexibility index (Phi) is 6.05. The third kappa shape index (κ3) is 3.37. The SMILES string of the molecule is C[C@@H]1CCOC2C1[C@@]1(C)CCC34C[C@@]35CC[C@H](OC3CN([C@@H]6CCNC6=O)CCO3)C(C)(C)[C@@H]5CC[C@H]4C1(C)[C@H]2O. The van der Waals surface area contributed by atoms with Gasteiger partial charge in [-0.3, -0.25) is 9.69 Å². The van der Waals surface area contributed by atoms with Crippen molar-refractivity contribution in [3.8, 4) is 0 Å². The van der Waals surface area contributed by atoms with Crippen LogP contribution >= 0.6 is 0 Å². The number of fused-ring (bicyclic) bond motifs is 4. The van der Waals surface area contributed by atoms with Crippen molar-refractivity contribution >= 4 is 5.91 Å². The van der Waals surface area contributed by atoms with Crippen LogP contribution in [0.3, 0.4) is 0 Å². The minimum atomic E-state index is -0.349. The molecule has 7 nitrogen and oxygen atoms in total. The lowest BCUT2D eigenvalue weighted by molar-refractivity contribution is -0.250. The molecular formula is C34H54N2O5. The van der Waals surface area contributed by atoms with Crippen LogP contribution in [0, 0.1) is 50.7 Å². The Morgan fingerprint density at radius 2 is 1.73 bits per heavy atom. The molecule has 3 aliphatic heterocycles. The molecule has 13 atom stereocenters. The monoisotopic (exact) mass is 570 g/mol. The highest BCUT2D eigenvalue weighted by Gasteiger charge is 2.84. The molecule has 41 heavy (non-hydrogen) atoms. The van der Waals surface area contributed by atoms with Gasteiger partial charge in [-0.25, -0.2) is 0 Å². The van der Waals surface area contributed by atoms with Crippen LogP contribution in [0.4, 0.5) is 0 Å². The van der Waals surface area contributed by atoms with Gasteiger partial charge in [-0.05, 0) is 103 Å². The van der Waals surface area contributed by atoms with E-state index in [2.05, 4.69) is 44.8 Å². The highest BCUT2D eigenvalue weighted by Crippen LogP contribution is 2.89. The molecular weight excluding hydrogens is 516 g/mol. The van der Waals surface area contributed by atoms with E-state index in [1.54, 1.807) is 0 Å². The Labute approximate surface area is 246 Å². The van der Waals surface area contributed by atoms with E-state index in [9.17, 15) is 9.90 Å². The Morgan fingerprint density at radius 3 is 2.51 bits per heavy atom. The number of morpholine rings is 1. The number of carbonyl (C=O) groups is 1. The summed E-state index contributed by atoms with van der Waals surface area (Å²) < 4.78 is 19.4. The van der Waals surface area contributed by atoms with Crippen molar-refractivity contribution < 1.29 is 24.1 Å². The molecule has 3 heterocycles. The van der Waals surface area contributed by atoms with Gasteiger partial charge >= 0.3 is 0 Å². The summed E-state index contributed by atoms with van der Waals surface area (Å²) in [4.78, 5) is 14.6. The summed E-state index contributed by atoms with van der Waals surface area (Å²) in [5.41, 5.74) is 0.921. The van der Waals surface area contributed by atoms with Gasteiger partial charge in [0.25, 0.3) is 0 Å². The zero-order chi connectivity index (χ0) is 28.6. The van der Waals surface area contributed by atoms with Gasteiger partial charge in [-0.2, -0.15) is 0 Å². The van der Waals surface area contributed by atoms with Gasteiger partial charge < -0.3 is 24.6 Å². The van der Waals surface area contributed by atoms with Gasteiger partial charge in [0.05, 0.1) is 37.5 Å². The van der Waals surface area contributed by atoms with Crippen LogP contribution in [0.5, 0.6) is 0 Å². The predicted octanol–water partition coefficient (Wildman–Crippen LogP) is 4.36. The molecule has 7 heteroatoms. The van der Waals surface area contributed by atoms with Crippen LogP contribution < -0.4 is 5.32 Å². The lowest BCUT2D eigenvalue weighted by Crippen LogP contribution is -2.60. The minimum absolute atomic E-state index is 0.0160. The van der Waals surface area contributed by atoms with Gasteiger partial charge in [0.2, 0.25) is 5.91 Å². The molecule has 0 aromatic rings. The smallest absolute Gasteiger partial charge is 0.237 e. The van der Waals surface area contributed by atoms with Gasteiger partial charge in [0.15, 0.2) is 6.29 Å². The molecule has 0 aromatic heterocycles. The number of carbonyl (C=O) groups excluding carboxylic acids is 1. The number of hydrogen-bond acceptors (Lipinski definition) is 6. The van der Waals surface area contributed by atoms with E-state index in [1.165, 1.54) is 38.5 Å². The lowest BCUT2D eigenvalue weighted by atomic mass is 9.41. The zero-order valence-corrected chi connectivity index (χ0v) is 26.1. The van der Waals surface area contributed by atoms with Gasteiger partial charge in [-0.15, -0.1) is 0 Å². The molecule has 8 fully saturated rings. The van der Waals surface area contributed by atoms with Crippen molar-refractivity contribution in [2.45, 2.75) is 123 Å². The summed E-state index contributed by atoms with van der Waals surface area (Å²) in [7, 11) is 0. The Hall–Kier alpha value is -0.730. The molecule has 5 aliphatic carbocycles. The summed E-state index contributed by atoms with van der Waals surface area (Å²) in [6.45, 7) is 16.1. The number of nitrogens with zero attached hydrogens (tertiary/aromatic N) is 1. The van der Waals surface area contributed by atoms with E-state index in [-0.39, 0.29) is 52.8 Å². The molecule has 0 radical (unpaired) electrons. The normalized spacial score (nSPS) is 57.5. The minimum Gasteiger partial charge on any atom is -0.390 e. The second kappa shape index (κ2) is 8.93. The first kappa shape index (κ1) is 27.8. The van der Waals surface area contributed by atoms with Crippen molar-refractivity contribution in [3.63, 3.8) is 0 Å². The van der Waals surface area contributed by atoms with Crippen LogP contribution in [0.25, 0.3) is 0 Å². The topological polar surface area (TPSA) is 80.3 Å². The quantitative estimate of drug-likeness (QED) is 0.525. The Morgan fingerprint density at radius 1 is 0.951 bits per heavy atom. The molecule has 0 aromatic carbocycles. The van der Waals surface area contributed by atoms with Crippen molar-refractivity contribution in [1.29, 1.82) is 0 Å². The van der Waals surface area contributed by atoms with Gasteiger partial charge in [0, 0.05) is 25.1 Å². The van der Waals surface area contributed by atoms with Crippen molar-refractivity contribution in [2.24, 2.45) is 50.7 Å². The first-order valence-corrected chi connectivity index (χ1v) is 17.1. The van der Waals surface area contributed by atoms with E-state index in [0.29, 0.717) is 47.7 Å². The second-order valence-corrected chi connectivity index (χ2v) is 16.8. The number of hydrogen-bond donors (Lipinski definition) is 2. The van der Waals surface area contributed by atoms with Crippen LogP contribution in [0.1, 0.15) is 92.4 Å². The van der Waals surface area contributed by atoms with Crippen LogP contribution in [-0.2, 0) is 19.0 Å². The van der Waals surface area contributed by atoms with Gasteiger partial charge in [-0.1, -0.05) is 34.6 Å². The van der Waals surface area contributed by atoms with E-state index in [4.69, 9.17) is 14.2 Å². The summed E-state index contributed by atoms with van der Waals surface area (Å²) in [6.07, 6.45) is 10.3. The maximum absolute atomic E-state index is 12.3. The Bertz CT molecular complexity index is 1100. The molecule has 8 aliphatic rings. The van der Waals surface area contributed by atoms with Crippen molar-refractivity contribution in [3.05, 3.63) is 0 Å². The first-order valence-electron chi connectivity index (χ1n) is 17.1. The maximum Gasteiger partial charge on any atom is 0.237 e. The first-order chi connectivity index (χ1) is 19.5. The van der Waals surface area contributed by atoms with Gasteiger partial charge in [0.1, 0.15) is 0 Å². The van der Waals surface area contributed by atoms with E-state index < -0.39 is 0 Å². The van der Waals surface area contributed by atoms with Crippen molar-refractivity contribution in [1.82, 2.24) is 10.2 Å². The summed E-state index contributed by atoms with van der Waals surface area (Å²) in [5.74, 6) is 2.50. The largest absolute Gasteiger partial charge is 0.390 e. The highest BCUT2D eigenvalue weighted by molar-refractivity contribution is 5.83. The molecule has 2 N–H and O–H groups in total. The lowest BCUT2D eigenvalue weighted by Gasteiger charge is -2.63.